The highest BCUT2D eigenvalue weighted by molar-refractivity contribution is 7.93. The Morgan fingerprint density at radius 1 is 0.897 bits per heavy atom. The zero-order chi connectivity index (χ0) is 20.6. The highest BCUT2D eigenvalue weighted by atomic mass is 32.2. The Morgan fingerprint density at radius 2 is 1.55 bits per heavy atom. The van der Waals surface area contributed by atoms with E-state index in [0.717, 1.165) is 0 Å². The second-order valence-corrected chi connectivity index (χ2v) is 8.98. The van der Waals surface area contributed by atoms with E-state index in [-0.39, 0.29) is 4.90 Å². The summed E-state index contributed by atoms with van der Waals surface area (Å²) >= 11 is 0. The van der Waals surface area contributed by atoms with Crippen LogP contribution in [-0.2, 0) is 14.6 Å². The normalized spacial score (nSPS) is 18.6. The Bertz CT molecular complexity index is 1170. The van der Waals surface area contributed by atoms with Crippen LogP contribution in [0.1, 0.15) is 22.6 Å². The molecule has 4 rings (SSSR count). The maximum Gasteiger partial charge on any atom is 0.331 e. The van der Waals surface area contributed by atoms with Crippen LogP contribution in [-0.4, -0.2) is 26.7 Å². The lowest BCUT2D eigenvalue weighted by atomic mass is 9.86. The largest absolute Gasteiger partial charge is 0.497 e. The SMILES string of the molecule is COc1ccc(C2c3ccccc3OC(=O)C2S(=O)(=O)c2ccccc2C)cc1. The molecule has 148 valence electrons. The highest BCUT2D eigenvalue weighted by Gasteiger charge is 2.47. The summed E-state index contributed by atoms with van der Waals surface area (Å²) in [4.78, 5) is 13.1. The van der Waals surface area contributed by atoms with Crippen molar-refractivity contribution in [1.82, 2.24) is 0 Å². The predicted octanol–water partition coefficient (Wildman–Crippen LogP) is 3.90. The standard InChI is InChI=1S/C23H20O5S/c1-15-7-3-6-10-20(15)29(25,26)22-21(16-11-13-17(27-2)14-12-16)18-8-4-5-9-19(18)28-23(22)24/h3-14,21-22H,1-2H3. The van der Waals surface area contributed by atoms with Crippen molar-refractivity contribution in [3.05, 3.63) is 89.5 Å². The van der Waals surface area contributed by atoms with Gasteiger partial charge in [0.25, 0.3) is 0 Å². The fourth-order valence-corrected chi connectivity index (χ4v) is 5.80. The van der Waals surface area contributed by atoms with Crippen LogP contribution in [0.3, 0.4) is 0 Å². The Hall–Kier alpha value is -3.12. The molecule has 2 unspecified atom stereocenters. The molecule has 5 nitrogen and oxygen atoms in total. The van der Waals surface area contributed by atoms with Crippen molar-refractivity contribution in [2.75, 3.05) is 7.11 Å². The topological polar surface area (TPSA) is 69.7 Å². The molecule has 1 heterocycles. The molecule has 0 radical (unpaired) electrons. The molecule has 1 aliphatic heterocycles. The highest BCUT2D eigenvalue weighted by Crippen LogP contribution is 2.43. The summed E-state index contributed by atoms with van der Waals surface area (Å²) in [5.74, 6) is -0.427. The fraction of sp³-hybridized carbons (Fsp3) is 0.174. The molecule has 0 aliphatic carbocycles. The van der Waals surface area contributed by atoms with Crippen molar-refractivity contribution in [3.8, 4) is 11.5 Å². The first-order chi connectivity index (χ1) is 13.9. The molecular weight excluding hydrogens is 388 g/mol. The third kappa shape index (κ3) is 3.29. The molecule has 0 fully saturated rings. The number of carbonyl (C=O) groups is 1. The number of ether oxygens (including phenoxy) is 2. The van der Waals surface area contributed by atoms with E-state index in [9.17, 15) is 13.2 Å². The molecule has 6 heteroatoms. The number of hydrogen-bond acceptors (Lipinski definition) is 5. The van der Waals surface area contributed by atoms with Gasteiger partial charge in [0.1, 0.15) is 11.5 Å². The molecule has 3 aromatic rings. The van der Waals surface area contributed by atoms with Crippen LogP contribution >= 0.6 is 0 Å². The molecule has 0 spiro atoms. The quantitative estimate of drug-likeness (QED) is 0.484. The zero-order valence-corrected chi connectivity index (χ0v) is 16.8. The lowest BCUT2D eigenvalue weighted by Crippen LogP contribution is -2.43. The van der Waals surface area contributed by atoms with Crippen LogP contribution in [0.4, 0.5) is 0 Å². The fourth-order valence-electron chi connectivity index (χ4n) is 3.78. The van der Waals surface area contributed by atoms with Crippen molar-refractivity contribution < 1.29 is 22.7 Å². The van der Waals surface area contributed by atoms with Crippen LogP contribution < -0.4 is 9.47 Å². The number of benzene rings is 3. The summed E-state index contributed by atoms with van der Waals surface area (Å²) < 4.78 is 37.9. The third-order valence-electron chi connectivity index (χ3n) is 5.21. The molecule has 0 amide bonds. The number of aryl methyl sites for hydroxylation is 1. The molecule has 1 aliphatic rings. The maximum atomic E-state index is 13.6. The molecule has 3 aromatic carbocycles. The van der Waals surface area contributed by atoms with E-state index >= 15 is 0 Å². The van der Waals surface area contributed by atoms with Gasteiger partial charge in [-0.3, -0.25) is 4.79 Å². The second-order valence-electron chi connectivity index (χ2n) is 6.94. The Balaban J connectivity index is 1.93. The average Bonchev–Trinajstić information content (AvgIpc) is 2.73. The van der Waals surface area contributed by atoms with Gasteiger partial charge in [-0.05, 0) is 42.3 Å². The van der Waals surface area contributed by atoms with Gasteiger partial charge in [0.2, 0.25) is 0 Å². The molecule has 2 atom stereocenters. The van der Waals surface area contributed by atoms with Crippen LogP contribution in [0.15, 0.2) is 77.7 Å². The van der Waals surface area contributed by atoms with Gasteiger partial charge in [-0.1, -0.05) is 48.5 Å². The summed E-state index contributed by atoms with van der Waals surface area (Å²) in [5, 5.41) is -1.38. The van der Waals surface area contributed by atoms with Crippen molar-refractivity contribution >= 4 is 15.8 Å². The lowest BCUT2D eigenvalue weighted by molar-refractivity contribution is -0.135. The first-order valence-electron chi connectivity index (χ1n) is 9.17. The van der Waals surface area contributed by atoms with Crippen molar-refractivity contribution in [2.45, 2.75) is 23.0 Å². The van der Waals surface area contributed by atoms with Gasteiger partial charge in [-0.25, -0.2) is 8.42 Å². The summed E-state index contributed by atoms with van der Waals surface area (Å²) in [6, 6.07) is 20.8. The second kappa shape index (κ2) is 7.37. The van der Waals surface area contributed by atoms with E-state index < -0.39 is 27.0 Å². The minimum Gasteiger partial charge on any atom is -0.497 e. The van der Waals surface area contributed by atoms with Crippen LogP contribution in [0.2, 0.25) is 0 Å². The van der Waals surface area contributed by atoms with Gasteiger partial charge in [0.05, 0.1) is 12.0 Å². The number of carbonyl (C=O) groups excluding carboxylic acids is 1. The molecule has 0 saturated carbocycles. The molecule has 0 aromatic heterocycles. The summed E-state index contributed by atoms with van der Waals surface area (Å²) in [7, 11) is -2.44. The smallest absolute Gasteiger partial charge is 0.331 e. The van der Waals surface area contributed by atoms with Crippen LogP contribution in [0.5, 0.6) is 11.5 Å². The third-order valence-corrected chi connectivity index (χ3v) is 7.41. The summed E-state index contributed by atoms with van der Waals surface area (Å²) in [6.45, 7) is 1.72. The monoisotopic (exact) mass is 408 g/mol. The van der Waals surface area contributed by atoms with Gasteiger partial charge in [-0.15, -0.1) is 0 Å². The van der Waals surface area contributed by atoms with Crippen LogP contribution in [0, 0.1) is 6.92 Å². The number of fused-ring (bicyclic) bond motifs is 1. The van der Waals surface area contributed by atoms with E-state index in [1.54, 1.807) is 74.7 Å². The van der Waals surface area contributed by atoms with Crippen molar-refractivity contribution in [3.63, 3.8) is 0 Å². The van der Waals surface area contributed by atoms with Crippen molar-refractivity contribution in [1.29, 1.82) is 0 Å². The molecule has 0 N–H and O–H groups in total. The first-order valence-corrected chi connectivity index (χ1v) is 10.7. The van der Waals surface area contributed by atoms with Crippen molar-refractivity contribution in [2.24, 2.45) is 0 Å². The number of rotatable bonds is 4. The van der Waals surface area contributed by atoms with Gasteiger partial charge in [0.15, 0.2) is 15.1 Å². The van der Waals surface area contributed by atoms with E-state index in [2.05, 4.69) is 0 Å². The minimum absolute atomic E-state index is 0.139. The molecule has 29 heavy (non-hydrogen) atoms. The molecular formula is C23H20O5S. The number of methoxy groups -OCH3 is 1. The van der Waals surface area contributed by atoms with Gasteiger partial charge in [-0.2, -0.15) is 0 Å². The zero-order valence-electron chi connectivity index (χ0n) is 16.0. The number of para-hydroxylation sites is 1. The summed E-state index contributed by atoms with van der Waals surface area (Å²) in [6.07, 6.45) is 0. The number of sulfone groups is 1. The molecule has 0 bridgehead atoms. The lowest BCUT2D eigenvalue weighted by Gasteiger charge is -2.32. The van der Waals surface area contributed by atoms with Gasteiger partial charge < -0.3 is 9.47 Å². The Labute approximate surface area is 169 Å². The Morgan fingerprint density at radius 3 is 2.24 bits per heavy atom. The van der Waals surface area contributed by atoms with Gasteiger partial charge >= 0.3 is 5.97 Å². The van der Waals surface area contributed by atoms with E-state index in [0.29, 0.717) is 28.2 Å². The Kier molecular flexibility index (Phi) is 4.88. The van der Waals surface area contributed by atoms with E-state index in [1.165, 1.54) is 6.07 Å². The number of hydrogen-bond donors (Lipinski definition) is 0. The molecule has 0 saturated heterocycles. The van der Waals surface area contributed by atoms with E-state index in [4.69, 9.17) is 9.47 Å². The van der Waals surface area contributed by atoms with E-state index in [1.807, 2.05) is 6.07 Å². The van der Waals surface area contributed by atoms with Crippen LogP contribution in [0.25, 0.3) is 0 Å². The van der Waals surface area contributed by atoms with Gasteiger partial charge in [0, 0.05) is 11.5 Å². The minimum atomic E-state index is -4.00. The predicted molar refractivity (Wildman–Crippen MR) is 109 cm³/mol. The average molecular weight is 408 g/mol. The summed E-state index contributed by atoms with van der Waals surface area (Å²) in [5.41, 5.74) is 1.96. The number of esters is 1. The first kappa shape index (κ1) is 19.2. The maximum absolute atomic E-state index is 13.6.